The number of unbranched alkanes of at least 4 members (excludes halogenated alkanes) is 8. The van der Waals surface area contributed by atoms with Crippen LogP contribution in [0.1, 0.15) is 84.5 Å². The van der Waals surface area contributed by atoms with E-state index in [4.69, 9.17) is 4.74 Å². The smallest absolute Gasteiger partial charge is 0.0619 e. The maximum Gasteiger partial charge on any atom is 0.0619 e. The first kappa shape index (κ1) is 18.9. The maximum absolute atomic E-state index is 5.61. The first-order valence-corrected chi connectivity index (χ1v) is 8.60. The van der Waals surface area contributed by atoms with Crippen molar-refractivity contribution in [2.24, 2.45) is 0 Å². The van der Waals surface area contributed by atoms with E-state index in [9.17, 15) is 0 Å². The van der Waals surface area contributed by atoms with Gasteiger partial charge in [0, 0.05) is 12.6 Å². The SMILES string of the molecule is CCCCCCCCCCCC(COCCC)NC. The summed E-state index contributed by atoms with van der Waals surface area (Å²) in [6.07, 6.45) is 15.0. The number of nitrogens with one attached hydrogen (secondary N) is 1. The van der Waals surface area contributed by atoms with E-state index in [1.807, 2.05) is 7.05 Å². The molecule has 0 saturated heterocycles. The average Bonchev–Trinajstić information content (AvgIpc) is 2.43. The van der Waals surface area contributed by atoms with E-state index in [1.54, 1.807) is 0 Å². The van der Waals surface area contributed by atoms with Crippen LogP contribution in [0.15, 0.2) is 0 Å². The molecule has 0 spiro atoms. The zero-order valence-electron chi connectivity index (χ0n) is 13.7. The quantitative estimate of drug-likeness (QED) is 0.427. The van der Waals surface area contributed by atoms with Gasteiger partial charge in [-0.05, 0) is 19.9 Å². The summed E-state index contributed by atoms with van der Waals surface area (Å²) in [4.78, 5) is 0. The number of hydrogen-bond acceptors (Lipinski definition) is 2. The fourth-order valence-electron chi connectivity index (χ4n) is 2.38. The van der Waals surface area contributed by atoms with Gasteiger partial charge in [0.1, 0.15) is 0 Å². The molecule has 0 radical (unpaired) electrons. The van der Waals surface area contributed by atoms with Gasteiger partial charge in [-0.25, -0.2) is 0 Å². The van der Waals surface area contributed by atoms with Crippen LogP contribution < -0.4 is 5.32 Å². The number of hydrogen-bond donors (Lipinski definition) is 1. The Bertz CT molecular complexity index is 161. The molecular weight excluding hydrogens is 234 g/mol. The third kappa shape index (κ3) is 14.1. The van der Waals surface area contributed by atoms with Crippen molar-refractivity contribution in [3.8, 4) is 0 Å². The molecule has 0 aliphatic carbocycles. The van der Waals surface area contributed by atoms with E-state index >= 15 is 0 Å². The molecule has 0 aromatic heterocycles. The van der Waals surface area contributed by atoms with Crippen molar-refractivity contribution < 1.29 is 4.74 Å². The second kappa shape index (κ2) is 16.0. The summed E-state index contributed by atoms with van der Waals surface area (Å²) in [5.41, 5.74) is 0. The molecule has 1 unspecified atom stereocenters. The highest BCUT2D eigenvalue weighted by Crippen LogP contribution is 2.11. The molecule has 2 nitrogen and oxygen atoms in total. The Balaban J connectivity index is 3.21. The minimum atomic E-state index is 0.552. The number of likely N-dealkylation sites (N-methyl/N-ethyl adjacent to an activating group) is 1. The van der Waals surface area contributed by atoms with Crippen LogP contribution in [0.5, 0.6) is 0 Å². The van der Waals surface area contributed by atoms with Crippen LogP contribution in [-0.4, -0.2) is 26.3 Å². The van der Waals surface area contributed by atoms with Gasteiger partial charge in [-0.3, -0.25) is 0 Å². The summed E-state index contributed by atoms with van der Waals surface area (Å²) < 4.78 is 5.61. The van der Waals surface area contributed by atoms with Gasteiger partial charge in [0.25, 0.3) is 0 Å². The van der Waals surface area contributed by atoms with Crippen molar-refractivity contribution in [1.82, 2.24) is 5.32 Å². The highest BCUT2D eigenvalue weighted by Gasteiger charge is 2.05. The number of rotatable bonds is 15. The Labute approximate surface area is 121 Å². The standard InChI is InChI=1S/C17H37NO/c1-4-6-7-8-9-10-11-12-13-14-17(18-3)16-19-15-5-2/h17-18H,4-16H2,1-3H3. The Kier molecular flexibility index (Phi) is 15.9. The molecule has 0 aromatic carbocycles. The maximum atomic E-state index is 5.61. The normalized spacial score (nSPS) is 12.8. The Morgan fingerprint density at radius 2 is 1.37 bits per heavy atom. The van der Waals surface area contributed by atoms with Crippen molar-refractivity contribution in [1.29, 1.82) is 0 Å². The molecule has 1 atom stereocenters. The first-order chi connectivity index (χ1) is 9.35. The van der Waals surface area contributed by atoms with Gasteiger partial charge < -0.3 is 10.1 Å². The minimum Gasteiger partial charge on any atom is -0.380 e. The molecular formula is C17H37NO. The molecule has 0 fully saturated rings. The molecule has 0 heterocycles. The van der Waals surface area contributed by atoms with Crippen LogP contribution in [0.25, 0.3) is 0 Å². The predicted molar refractivity (Wildman–Crippen MR) is 85.8 cm³/mol. The Morgan fingerprint density at radius 3 is 1.89 bits per heavy atom. The summed E-state index contributed by atoms with van der Waals surface area (Å²) in [5, 5.41) is 3.36. The summed E-state index contributed by atoms with van der Waals surface area (Å²) in [6.45, 7) is 6.22. The third-order valence-corrected chi connectivity index (χ3v) is 3.73. The topological polar surface area (TPSA) is 21.3 Å². The predicted octanol–water partition coefficient (Wildman–Crippen LogP) is 4.92. The van der Waals surface area contributed by atoms with Crippen LogP contribution >= 0.6 is 0 Å². The molecule has 0 bridgehead atoms. The van der Waals surface area contributed by atoms with Crippen molar-refractivity contribution in [3.05, 3.63) is 0 Å². The van der Waals surface area contributed by atoms with Gasteiger partial charge >= 0.3 is 0 Å². The highest BCUT2D eigenvalue weighted by atomic mass is 16.5. The van der Waals surface area contributed by atoms with Crippen LogP contribution in [0.3, 0.4) is 0 Å². The van der Waals surface area contributed by atoms with Crippen LogP contribution in [0.2, 0.25) is 0 Å². The second-order valence-corrected chi connectivity index (χ2v) is 5.68. The van der Waals surface area contributed by atoms with Crippen molar-refractivity contribution >= 4 is 0 Å². The molecule has 0 aliphatic rings. The molecule has 0 saturated carbocycles. The molecule has 0 amide bonds. The van der Waals surface area contributed by atoms with E-state index in [2.05, 4.69) is 19.2 Å². The second-order valence-electron chi connectivity index (χ2n) is 5.68. The van der Waals surface area contributed by atoms with E-state index in [0.717, 1.165) is 19.6 Å². The Hall–Kier alpha value is -0.0800. The van der Waals surface area contributed by atoms with Crippen LogP contribution in [0, 0.1) is 0 Å². The zero-order valence-corrected chi connectivity index (χ0v) is 13.7. The molecule has 2 heteroatoms. The van der Waals surface area contributed by atoms with Crippen molar-refractivity contribution in [3.63, 3.8) is 0 Å². The van der Waals surface area contributed by atoms with E-state index < -0.39 is 0 Å². The summed E-state index contributed by atoms with van der Waals surface area (Å²) >= 11 is 0. The van der Waals surface area contributed by atoms with E-state index in [0.29, 0.717) is 6.04 Å². The van der Waals surface area contributed by atoms with Gasteiger partial charge in [-0.1, -0.05) is 71.6 Å². The van der Waals surface area contributed by atoms with Gasteiger partial charge in [0.05, 0.1) is 6.61 Å². The molecule has 0 aliphatic heterocycles. The van der Waals surface area contributed by atoms with E-state index in [-0.39, 0.29) is 0 Å². The lowest BCUT2D eigenvalue weighted by atomic mass is 10.0. The van der Waals surface area contributed by atoms with Crippen LogP contribution in [0.4, 0.5) is 0 Å². The molecule has 0 aromatic rings. The third-order valence-electron chi connectivity index (χ3n) is 3.73. The van der Waals surface area contributed by atoms with Gasteiger partial charge in [-0.2, -0.15) is 0 Å². The van der Waals surface area contributed by atoms with Gasteiger partial charge in [0.2, 0.25) is 0 Å². The lowest BCUT2D eigenvalue weighted by Crippen LogP contribution is -2.30. The summed E-state index contributed by atoms with van der Waals surface area (Å²) in [7, 11) is 2.05. The largest absolute Gasteiger partial charge is 0.380 e. The van der Waals surface area contributed by atoms with E-state index in [1.165, 1.54) is 64.2 Å². The molecule has 0 rings (SSSR count). The van der Waals surface area contributed by atoms with Gasteiger partial charge in [-0.15, -0.1) is 0 Å². The minimum absolute atomic E-state index is 0.552. The molecule has 116 valence electrons. The van der Waals surface area contributed by atoms with Crippen LogP contribution in [-0.2, 0) is 4.74 Å². The lowest BCUT2D eigenvalue weighted by molar-refractivity contribution is 0.110. The molecule has 1 N–H and O–H groups in total. The first-order valence-electron chi connectivity index (χ1n) is 8.60. The summed E-state index contributed by atoms with van der Waals surface area (Å²) in [6, 6.07) is 0.552. The Morgan fingerprint density at radius 1 is 0.789 bits per heavy atom. The monoisotopic (exact) mass is 271 g/mol. The summed E-state index contributed by atoms with van der Waals surface area (Å²) in [5.74, 6) is 0. The zero-order chi connectivity index (χ0) is 14.2. The lowest BCUT2D eigenvalue weighted by Gasteiger charge is -2.16. The average molecular weight is 271 g/mol. The van der Waals surface area contributed by atoms with Crippen molar-refractivity contribution in [2.45, 2.75) is 90.5 Å². The number of ether oxygens (including phenoxy) is 1. The molecule has 19 heavy (non-hydrogen) atoms. The fraction of sp³-hybridized carbons (Fsp3) is 1.00. The highest BCUT2D eigenvalue weighted by molar-refractivity contribution is 4.63. The fourth-order valence-corrected chi connectivity index (χ4v) is 2.38. The van der Waals surface area contributed by atoms with Gasteiger partial charge in [0.15, 0.2) is 0 Å². The van der Waals surface area contributed by atoms with Crippen molar-refractivity contribution in [2.75, 3.05) is 20.3 Å².